The maximum Gasteiger partial charge on any atom is 0.348 e. The van der Waals surface area contributed by atoms with Crippen molar-refractivity contribution in [2.75, 3.05) is 13.2 Å². The maximum atomic E-state index is 11.9. The summed E-state index contributed by atoms with van der Waals surface area (Å²) in [4.78, 5) is 25.9. The lowest BCUT2D eigenvalue weighted by Crippen LogP contribution is -2.44. The van der Waals surface area contributed by atoms with Crippen LogP contribution < -0.4 is 0 Å². The van der Waals surface area contributed by atoms with E-state index in [4.69, 9.17) is 4.74 Å². The summed E-state index contributed by atoms with van der Waals surface area (Å²) in [5.74, 6) is -0.505. The highest BCUT2D eigenvalue weighted by molar-refractivity contribution is 7.11. The molecule has 1 aromatic rings. The molecule has 1 aliphatic rings. The number of rotatable bonds is 3. The molecule has 1 atom stereocenters. The van der Waals surface area contributed by atoms with Crippen LogP contribution in [0.1, 0.15) is 35.9 Å². The Morgan fingerprint density at radius 1 is 1.50 bits per heavy atom. The largest absolute Gasteiger partial charge is 0.451 e. The SMILES string of the molecule is C[C@H]1CCCCN1C(=O)COC(=O)c1cccs1. The Balaban J connectivity index is 1.82. The number of nitrogens with zero attached hydrogens (tertiary/aromatic N) is 1. The Kier molecular flexibility index (Phi) is 4.36. The molecule has 1 saturated heterocycles. The van der Waals surface area contributed by atoms with Crippen LogP contribution in [-0.4, -0.2) is 36.0 Å². The van der Waals surface area contributed by atoms with Gasteiger partial charge in [-0.3, -0.25) is 4.79 Å². The third-order valence-electron chi connectivity index (χ3n) is 3.17. The third-order valence-corrected chi connectivity index (χ3v) is 4.02. The van der Waals surface area contributed by atoms with E-state index in [-0.39, 0.29) is 18.6 Å². The van der Waals surface area contributed by atoms with Gasteiger partial charge >= 0.3 is 5.97 Å². The molecule has 0 unspecified atom stereocenters. The van der Waals surface area contributed by atoms with Gasteiger partial charge < -0.3 is 9.64 Å². The number of ether oxygens (including phenoxy) is 1. The number of likely N-dealkylation sites (tertiary alicyclic amines) is 1. The van der Waals surface area contributed by atoms with Gasteiger partial charge in [0.05, 0.1) is 0 Å². The van der Waals surface area contributed by atoms with E-state index >= 15 is 0 Å². The van der Waals surface area contributed by atoms with E-state index in [2.05, 4.69) is 0 Å². The van der Waals surface area contributed by atoms with Crippen molar-refractivity contribution < 1.29 is 14.3 Å². The van der Waals surface area contributed by atoms with Crippen molar-refractivity contribution in [2.24, 2.45) is 0 Å². The summed E-state index contributed by atoms with van der Waals surface area (Å²) in [6, 6.07) is 3.74. The molecule has 0 N–H and O–H groups in total. The quantitative estimate of drug-likeness (QED) is 0.789. The van der Waals surface area contributed by atoms with Gasteiger partial charge in [0.15, 0.2) is 6.61 Å². The first-order valence-electron chi connectivity index (χ1n) is 6.18. The summed E-state index contributed by atoms with van der Waals surface area (Å²) in [6.07, 6.45) is 3.24. The summed E-state index contributed by atoms with van der Waals surface area (Å²) in [6.45, 7) is 2.66. The lowest BCUT2D eigenvalue weighted by atomic mass is 10.0. The molecule has 2 rings (SSSR count). The van der Waals surface area contributed by atoms with E-state index in [0.29, 0.717) is 4.88 Å². The molecule has 1 fully saturated rings. The molecule has 1 aromatic heterocycles. The monoisotopic (exact) mass is 267 g/mol. The van der Waals surface area contributed by atoms with Gasteiger partial charge in [-0.2, -0.15) is 0 Å². The lowest BCUT2D eigenvalue weighted by molar-refractivity contribution is -0.137. The normalized spacial score (nSPS) is 19.6. The number of amides is 1. The highest BCUT2D eigenvalue weighted by atomic mass is 32.1. The average Bonchev–Trinajstić information content (AvgIpc) is 2.90. The zero-order valence-corrected chi connectivity index (χ0v) is 11.2. The van der Waals surface area contributed by atoms with Crippen LogP contribution in [0.3, 0.4) is 0 Å². The summed E-state index contributed by atoms with van der Waals surface area (Å²) in [5.41, 5.74) is 0. The highest BCUT2D eigenvalue weighted by Gasteiger charge is 2.24. The molecule has 0 aromatic carbocycles. The minimum Gasteiger partial charge on any atom is -0.451 e. The molecule has 4 nitrogen and oxygen atoms in total. The number of esters is 1. The molecule has 0 radical (unpaired) electrons. The second kappa shape index (κ2) is 6.00. The molecule has 0 aliphatic carbocycles. The number of thiophene rings is 1. The number of piperidine rings is 1. The first-order chi connectivity index (χ1) is 8.68. The standard InChI is InChI=1S/C13H17NO3S/c1-10-5-2-3-7-14(10)12(15)9-17-13(16)11-6-4-8-18-11/h4,6,8,10H,2-3,5,7,9H2,1H3/t10-/m0/s1. The van der Waals surface area contributed by atoms with E-state index < -0.39 is 5.97 Å². The molecular formula is C13H17NO3S. The van der Waals surface area contributed by atoms with Crippen molar-refractivity contribution in [3.05, 3.63) is 22.4 Å². The van der Waals surface area contributed by atoms with Crippen LogP contribution in [0.15, 0.2) is 17.5 Å². The van der Waals surface area contributed by atoms with Crippen molar-refractivity contribution in [3.8, 4) is 0 Å². The Morgan fingerprint density at radius 3 is 3.00 bits per heavy atom. The van der Waals surface area contributed by atoms with Gasteiger partial charge in [0, 0.05) is 12.6 Å². The second-order valence-corrected chi connectivity index (χ2v) is 5.43. The Morgan fingerprint density at radius 2 is 2.33 bits per heavy atom. The highest BCUT2D eigenvalue weighted by Crippen LogP contribution is 2.16. The van der Waals surface area contributed by atoms with E-state index in [1.165, 1.54) is 17.8 Å². The molecule has 0 saturated carbocycles. The Bertz CT molecular complexity index is 416. The topological polar surface area (TPSA) is 46.6 Å². The van der Waals surface area contributed by atoms with Crippen LogP contribution in [0.4, 0.5) is 0 Å². The fraction of sp³-hybridized carbons (Fsp3) is 0.538. The summed E-state index contributed by atoms with van der Waals surface area (Å²) >= 11 is 1.32. The van der Waals surface area contributed by atoms with E-state index in [1.807, 2.05) is 17.2 Å². The Labute approximate surface area is 111 Å². The molecule has 18 heavy (non-hydrogen) atoms. The van der Waals surface area contributed by atoms with Gasteiger partial charge in [-0.1, -0.05) is 6.07 Å². The smallest absolute Gasteiger partial charge is 0.348 e. The van der Waals surface area contributed by atoms with Crippen LogP contribution >= 0.6 is 11.3 Å². The number of hydrogen-bond acceptors (Lipinski definition) is 4. The molecule has 0 spiro atoms. The van der Waals surface area contributed by atoms with Gasteiger partial charge in [0.25, 0.3) is 5.91 Å². The zero-order valence-electron chi connectivity index (χ0n) is 10.4. The van der Waals surface area contributed by atoms with E-state index in [9.17, 15) is 9.59 Å². The van der Waals surface area contributed by atoms with Crippen LogP contribution in [-0.2, 0) is 9.53 Å². The third kappa shape index (κ3) is 3.10. The molecule has 5 heteroatoms. The van der Waals surface area contributed by atoms with Crippen LogP contribution in [0, 0.1) is 0 Å². The summed E-state index contributed by atoms with van der Waals surface area (Å²) < 4.78 is 5.03. The second-order valence-electron chi connectivity index (χ2n) is 4.49. The van der Waals surface area contributed by atoms with Gasteiger partial charge in [-0.05, 0) is 37.6 Å². The number of hydrogen-bond donors (Lipinski definition) is 0. The van der Waals surface area contributed by atoms with Crippen LogP contribution in [0.25, 0.3) is 0 Å². The molecular weight excluding hydrogens is 250 g/mol. The minimum absolute atomic E-state index is 0.0906. The van der Waals surface area contributed by atoms with E-state index in [0.717, 1.165) is 19.4 Å². The predicted molar refractivity (Wildman–Crippen MR) is 69.6 cm³/mol. The lowest BCUT2D eigenvalue weighted by Gasteiger charge is -2.33. The van der Waals surface area contributed by atoms with Gasteiger partial charge in [0.1, 0.15) is 4.88 Å². The first-order valence-corrected chi connectivity index (χ1v) is 7.06. The van der Waals surface area contributed by atoms with Crippen molar-refractivity contribution in [3.63, 3.8) is 0 Å². The molecule has 1 amide bonds. The number of carbonyl (C=O) groups excluding carboxylic acids is 2. The first kappa shape index (κ1) is 13.1. The van der Waals surface area contributed by atoms with Crippen molar-refractivity contribution in [2.45, 2.75) is 32.2 Å². The summed E-state index contributed by atoms with van der Waals surface area (Å²) in [7, 11) is 0. The fourth-order valence-corrected chi connectivity index (χ4v) is 2.76. The zero-order chi connectivity index (χ0) is 13.0. The predicted octanol–water partition coefficient (Wildman–Crippen LogP) is 2.31. The molecule has 1 aliphatic heterocycles. The fourth-order valence-electron chi connectivity index (χ4n) is 2.14. The molecule has 2 heterocycles. The van der Waals surface area contributed by atoms with Crippen molar-refractivity contribution in [1.82, 2.24) is 4.90 Å². The van der Waals surface area contributed by atoms with E-state index in [1.54, 1.807) is 12.1 Å². The molecule has 98 valence electrons. The minimum atomic E-state index is -0.414. The number of carbonyl (C=O) groups is 2. The maximum absolute atomic E-state index is 11.9. The van der Waals surface area contributed by atoms with Crippen molar-refractivity contribution in [1.29, 1.82) is 0 Å². The van der Waals surface area contributed by atoms with Crippen molar-refractivity contribution >= 4 is 23.2 Å². The Hall–Kier alpha value is -1.36. The van der Waals surface area contributed by atoms with Gasteiger partial charge in [-0.25, -0.2) is 4.79 Å². The van der Waals surface area contributed by atoms with Gasteiger partial charge in [-0.15, -0.1) is 11.3 Å². The van der Waals surface area contributed by atoms with Gasteiger partial charge in [0.2, 0.25) is 0 Å². The van der Waals surface area contributed by atoms with Crippen LogP contribution in [0.2, 0.25) is 0 Å². The summed E-state index contributed by atoms with van der Waals surface area (Å²) in [5, 5.41) is 1.81. The molecule has 0 bridgehead atoms. The average molecular weight is 267 g/mol. The van der Waals surface area contributed by atoms with Crippen LogP contribution in [0.5, 0.6) is 0 Å².